The van der Waals surface area contributed by atoms with Crippen molar-refractivity contribution in [3.63, 3.8) is 0 Å². The molecule has 18 heavy (non-hydrogen) atoms. The zero-order valence-corrected chi connectivity index (χ0v) is 12.6. The predicted octanol–water partition coefficient (Wildman–Crippen LogP) is 3.36. The summed E-state index contributed by atoms with van der Waals surface area (Å²) >= 11 is 3.45. The molecule has 0 spiro atoms. The number of aryl methyl sites for hydroxylation is 2. The number of anilines is 1. The van der Waals surface area contributed by atoms with E-state index in [9.17, 15) is 9.59 Å². The molecule has 2 amide bonds. The van der Waals surface area contributed by atoms with Crippen molar-refractivity contribution in [1.82, 2.24) is 0 Å². The average molecular weight is 310 g/mol. The Morgan fingerprint density at radius 2 is 1.83 bits per heavy atom. The molecule has 0 atom stereocenters. The van der Waals surface area contributed by atoms with Gasteiger partial charge in [0.2, 0.25) is 11.8 Å². The van der Waals surface area contributed by atoms with Crippen molar-refractivity contribution in [2.24, 2.45) is 5.41 Å². The second-order valence-electron chi connectivity index (χ2n) is 5.51. The normalized spacial score (nSPS) is 18.6. The van der Waals surface area contributed by atoms with E-state index < -0.39 is 5.41 Å². The number of nitrogens with zero attached hydrogens (tertiary/aromatic N) is 1. The van der Waals surface area contributed by atoms with Crippen LogP contribution < -0.4 is 4.90 Å². The molecule has 0 saturated carbocycles. The van der Waals surface area contributed by atoms with Gasteiger partial charge in [0, 0.05) is 10.9 Å². The first-order valence-corrected chi connectivity index (χ1v) is 6.67. The van der Waals surface area contributed by atoms with Crippen LogP contribution in [0.2, 0.25) is 0 Å². The van der Waals surface area contributed by atoms with Crippen molar-refractivity contribution in [3.8, 4) is 0 Å². The number of hydrogen-bond acceptors (Lipinski definition) is 2. The van der Waals surface area contributed by atoms with Crippen LogP contribution in [0.3, 0.4) is 0 Å². The van der Waals surface area contributed by atoms with Crippen LogP contribution in [0.5, 0.6) is 0 Å². The minimum absolute atomic E-state index is 0.125. The molecule has 1 aliphatic rings. The molecule has 1 heterocycles. The molecule has 1 aliphatic heterocycles. The van der Waals surface area contributed by atoms with E-state index in [0.717, 1.165) is 15.6 Å². The summed E-state index contributed by atoms with van der Waals surface area (Å²) in [5.74, 6) is -0.252. The summed E-state index contributed by atoms with van der Waals surface area (Å²) in [5.41, 5.74) is 2.11. The molecule has 1 saturated heterocycles. The molecule has 0 aromatic heterocycles. The highest BCUT2D eigenvalue weighted by molar-refractivity contribution is 9.10. The summed E-state index contributed by atoms with van der Waals surface area (Å²) in [4.78, 5) is 25.7. The smallest absolute Gasteiger partial charge is 0.239 e. The summed E-state index contributed by atoms with van der Waals surface area (Å²) in [5, 5.41) is 0. The van der Waals surface area contributed by atoms with Crippen molar-refractivity contribution in [2.45, 2.75) is 34.1 Å². The monoisotopic (exact) mass is 309 g/mol. The highest BCUT2D eigenvalue weighted by Gasteiger charge is 2.46. The Kier molecular flexibility index (Phi) is 3.09. The number of hydrogen-bond donors (Lipinski definition) is 0. The van der Waals surface area contributed by atoms with Crippen LogP contribution in [-0.2, 0) is 9.59 Å². The highest BCUT2D eigenvalue weighted by atomic mass is 79.9. The van der Waals surface area contributed by atoms with Gasteiger partial charge in [-0.2, -0.15) is 0 Å². The minimum Gasteiger partial charge on any atom is -0.274 e. The van der Waals surface area contributed by atoms with Gasteiger partial charge in [0.15, 0.2) is 0 Å². The Balaban J connectivity index is 2.57. The Morgan fingerprint density at radius 1 is 1.22 bits per heavy atom. The zero-order valence-electron chi connectivity index (χ0n) is 11.0. The molecule has 0 bridgehead atoms. The molecule has 1 aromatic rings. The Bertz CT molecular complexity index is 526. The number of rotatable bonds is 1. The fourth-order valence-electron chi connectivity index (χ4n) is 2.37. The molecule has 3 nitrogen and oxygen atoms in total. The highest BCUT2D eigenvalue weighted by Crippen LogP contribution is 2.40. The second kappa shape index (κ2) is 4.19. The van der Waals surface area contributed by atoms with Crippen LogP contribution >= 0.6 is 15.9 Å². The third kappa shape index (κ3) is 1.99. The summed E-state index contributed by atoms with van der Waals surface area (Å²) in [6, 6.07) is 3.90. The largest absolute Gasteiger partial charge is 0.274 e. The van der Waals surface area contributed by atoms with E-state index in [1.54, 1.807) is 0 Å². The molecule has 0 aliphatic carbocycles. The van der Waals surface area contributed by atoms with Gasteiger partial charge in [0.1, 0.15) is 0 Å². The van der Waals surface area contributed by atoms with Gasteiger partial charge in [-0.05, 0) is 47.0 Å². The van der Waals surface area contributed by atoms with Crippen molar-refractivity contribution in [3.05, 3.63) is 27.7 Å². The lowest BCUT2D eigenvalue weighted by atomic mass is 9.92. The topological polar surface area (TPSA) is 37.4 Å². The maximum absolute atomic E-state index is 12.3. The SMILES string of the molecule is Cc1cc(C)c(N2C(=O)CC(C)(C)C2=O)c(Br)c1. The third-order valence-electron chi connectivity index (χ3n) is 3.25. The summed E-state index contributed by atoms with van der Waals surface area (Å²) in [6.45, 7) is 7.52. The standard InChI is InChI=1S/C14H16BrNO2/c1-8-5-9(2)12(10(15)6-8)16-11(17)7-14(3,4)13(16)18/h5-6H,7H2,1-4H3. The van der Waals surface area contributed by atoms with Gasteiger partial charge in [-0.15, -0.1) is 0 Å². The number of carbonyl (C=O) groups excluding carboxylic acids is 2. The Morgan fingerprint density at radius 3 is 2.28 bits per heavy atom. The van der Waals surface area contributed by atoms with Gasteiger partial charge < -0.3 is 0 Å². The fraction of sp³-hybridized carbons (Fsp3) is 0.429. The van der Waals surface area contributed by atoms with E-state index in [0.29, 0.717) is 5.69 Å². The Hall–Kier alpha value is -1.16. The minimum atomic E-state index is -0.603. The number of carbonyl (C=O) groups is 2. The third-order valence-corrected chi connectivity index (χ3v) is 3.85. The van der Waals surface area contributed by atoms with E-state index in [1.165, 1.54) is 4.90 Å². The van der Waals surface area contributed by atoms with E-state index in [4.69, 9.17) is 0 Å². The van der Waals surface area contributed by atoms with E-state index >= 15 is 0 Å². The molecule has 2 rings (SSSR count). The summed E-state index contributed by atoms with van der Waals surface area (Å²) in [7, 11) is 0. The molecule has 4 heteroatoms. The molecule has 0 radical (unpaired) electrons. The number of halogens is 1. The molecular formula is C14H16BrNO2. The van der Waals surface area contributed by atoms with Crippen molar-refractivity contribution in [2.75, 3.05) is 4.90 Å². The van der Waals surface area contributed by atoms with E-state index in [2.05, 4.69) is 15.9 Å². The summed E-state index contributed by atoms with van der Waals surface area (Å²) in [6.07, 6.45) is 0.269. The fourth-order valence-corrected chi connectivity index (χ4v) is 3.22. The van der Waals surface area contributed by atoms with Gasteiger partial charge >= 0.3 is 0 Å². The Labute approximate surface area is 115 Å². The first kappa shape index (κ1) is 13.3. The number of benzene rings is 1. The average Bonchev–Trinajstić information content (AvgIpc) is 2.38. The van der Waals surface area contributed by atoms with Crippen LogP contribution in [0.1, 0.15) is 31.4 Å². The molecule has 1 aromatic carbocycles. The number of amides is 2. The molecule has 0 N–H and O–H groups in total. The molecule has 0 unspecified atom stereocenters. The maximum atomic E-state index is 12.3. The predicted molar refractivity (Wildman–Crippen MR) is 74.5 cm³/mol. The van der Waals surface area contributed by atoms with Gasteiger partial charge in [0.05, 0.1) is 11.1 Å². The molecule has 96 valence electrons. The molecule has 1 fully saturated rings. The van der Waals surface area contributed by atoms with Gasteiger partial charge in [-0.25, -0.2) is 4.90 Å². The van der Waals surface area contributed by atoms with Crippen molar-refractivity contribution >= 4 is 33.4 Å². The lowest BCUT2D eigenvalue weighted by Gasteiger charge is -2.21. The first-order valence-electron chi connectivity index (χ1n) is 5.88. The van der Waals surface area contributed by atoms with Crippen molar-refractivity contribution < 1.29 is 9.59 Å². The lowest BCUT2D eigenvalue weighted by molar-refractivity contribution is -0.124. The quantitative estimate of drug-likeness (QED) is 0.746. The maximum Gasteiger partial charge on any atom is 0.239 e. The zero-order chi connectivity index (χ0) is 13.7. The van der Waals surface area contributed by atoms with Gasteiger partial charge in [-0.1, -0.05) is 19.9 Å². The second-order valence-corrected chi connectivity index (χ2v) is 6.36. The van der Waals surface area contributed by atoms with Crippen molar-refractivity contribution in [1.29, 1.82) is 0 Å². The molecular weight excluding hydrogens is 294 g/mol. The summed E-state index contributed by atoms with van der Waals surface area (Å²) < 4.78 is 0.791. The van der Waals surface area contributed by atoms with Crippen LogP contribution in [0, 0.1) is 19.3 Å². The number of imide groups is 1. The van der Waals surface area contributed by atoms with Gasteiger partial charge in [-0.3, -0.25) is 9.59 Å². The van der Waals surface area contributed by atoms with Crippen LogP contribution in [0.4, 0.5) is 5.69 Å². The van der Waals surface area contributed by atoms with Crippen LogP contribution in [0.15, 0.2) is 16.6 Å². The van der Waals surface area contributed by atoms with E-state index in [1.807, 2.05) is 39.8 Å². The lowest BCUT2D eigenvalue weighted by Crippen LogP contribution is -2.33. The van der Waals surface area contributed by atoms with Gasteiger partial charge in [0.25, 0.3) is 0 Å². The van der Waals surface area contributed by atoms with Crippen LogP contribution in [0.25, 0.3) is 0 Å². The van der Waals surface area contributed by atoms with Crippen LogP contribution in [-0.4, -0.2) is 11.8 Å². The first-order chi connectivity index (χ1) is 8.24. The van der Waals surface area contributed by atoms with E-state index in [-0.39, 0.29) is 18.2 Å².